The van der Waals surface area contributed by atoms with Crippen molar-refractivity contribution < 1.29 is 4.39 Å². The molecule has 0 fully saturated rings. The van der Waals surface area contributed by atoms with Crippen LogP contribution >= 0.6 is 24.0 Å². The van der Waals surface area contributed by atoms with Crippen molar-refractivity contribution in [1.82, 2.24) is 5.32 Å². The minimum Gasteiger partial charge on any atom is -0.312 e. The molecule has 0 aliphatic heterocycles. The van der Waals surface area contributed by atoms with E-state index in [-0.39, 0.29) is 18.2 Å². The summed E-state index contributed by atoms with van der Waals surface area (Å²) < 4.78 is 13.3. The predicted octanol–water partition coefficient (Wildman–Crippen LogP) is 4.23. The molecule has 0 radical (unpaired) electrons. The molecule has 0 heterocycles. The van der Waals surface area contributed by atoms with Crippen LogP contribution in [-0.4, -0.2) is 6.54 Å². The Morgan fingerprint density at radius 1 is 1.00 bits per heavy atom. The normalized spacial score (nSPS) is 10.0. The Bertz CT molecular complexity index is 500. The number of halogens is 3. The third-order valence-electron chi connectivity index (χ3n) is 2.77. The van der Waals surface area contributed by atoms with Gasteiger partial charge in [-0.15, -0.1) is 12.4 Å². The number of hydrogen-bond donors (Lipinski definition) is 1. The lowest BCUT2D eigenvalue weighted by atomic mass is 10.1. The third-order valence-corrected chi connectivity index (χ3v) is 3.02. The van der Waals surface area contributed by atoms with Crippen molar-refractivity contribution in [2.75, 3.05) is 6.54 Å². The minimum atomic E-state index is -0.134. The molecule has 0 saturated carbocycles. The van der Waals surface area contributed by atoms with Crippen LogP contribution < -0.4 is 5.32 Å². The zero-order valence-corrected chi connectivity index (χ0v) is 12.0. The van der Waals surface area contributed by atoms with Gasteiger partial charge in [-0.1, -0.05) is 41.9 Å². The van der Waals surface area contributed by atoms with Crippen LogP contribution in [0.2, 0.25) is 5.02 Å². The van der Waals surface area contributed by atoms with E-state index >= 15 is 0 Å². The maximum atomic E-state index is 13.3. The number of hydrogen-bond acceptors (Lipinski definition) is 1. The highest BCUT2D eigenvalue weighted by atomic mass is 35.5. The van der Waals surface area contributed by atoms with Gasteiger partial charge in [0, 0.05) is 11.6 Å². The Kier molecular flexibility index (Phi) is 6.85. The van der Waals surface area contributed by atoms with Gasteiger partial charge in [-0.3, -0.25) is 0 Å². The van der Waals surface area contributed by atoms with E-state index in [1.807, 2.05) is 36.4 Å². The van der Waals surface area contributed by atoms with Crippen molar-refractivity contribution in [3.63, 3.8) is 0 Å². The maximum absolute atomic E-state index is 13.3. The fraction of sp³-hybridized carbons (Fsp3) is 0.200. The highest BCUT2D eigenvalue weighted by Crippen LogP contribution is 2.09. The molecule has 4 heteroatoms. The lowest BCUT2D eigenvalue weighted by Crippen LogP contribution is -2.17. The summed E-state index contributed by atoms with van der Waals surface area (Å²) in [5, 5.41) is 4.03. The maximum Gasteiger partial charge on any atom is 0.126 e. The van der Waals surface area contributed by atoms with Gasteiger partial charge in [-0.25, -0.2) is 4.39 Å². The number of nitrogens with one attached hydrogen (secondary N) is 1. The van der Waals surface area contributed by atoms with Crippen LogP contribution in [-0.2, 0) is 13.0 Å². The molecule has 0 amide bonds. The zero-order valence-electron chi connectivity index (χ0n) is 10.4. The topological polar surface area (TPSA) is 12.0 Å². The van der Waals surface area contributed by atoms with E-state index < -0.39 is 0 Å². The third kappa shape index (κ3) is 5.19. The van der Waals surface area contributed by atoms with Crippen molar-refractivity contribution in [2.24, 2.45) is 0 Å². The minimum absolute atomic E-state index is 0. The van der Waals surface area contributed by atoms with Crippen molar-refractivity contribution in [3.05, 3.63) is 70.5 Å². The van der Waals surface area contributed by atoms with Crippen LogP contribution in [0, 0.1) is 5.82 Å². The molecule has 1 N–H and O–H groups in total. The molecule has 2 aromatic carbocycles. The summed E-state index contributed by atoms with van der Waals surface area (Å²) in [5.74, 6) is -0.134. The summed E-state index contributed by atoms with van der Waals surface area (Å²) in [6.07, 6.45) is 0.695. The molecule has 0 aliphatic carbocycles. The molecule has 2 rings (SSSR count). The highest BCUT2D eigenvalue weighted by molar-refractivity contribution is 6.30. The fourth-order valence-electron chi connectivity index (χ4n) is 1.76. The summed E-state index contributed by atoms with van der Waals surface area (Å²) in [7, 11) is 0. The van der Waals surface area contributed by atoms with E-state index in [1.165, 1.54) is 11.6 Å². The van der Waals surface area contributed by atoms with Crippen LogP contribution in [0.25, 0.3) is 0 Å². The highest BCUT2D eigenvalue weighted by Gasteiger charge is 1.99. The van der Waals surface area contributed by atoms with Crippen molar-refractivity contribution in [3.8, 4) is 0 Å². The molecular weight excluding hydrogens is 284 g/mol. The quantitative estimate of drug-likeness (QED) is 0.815. The van der Waals surface area contributed by atoms with Gasteiger partial charge in [-0.05, 0) is 42.3 Å². The predicted molar refractivity (Wildman–Crippen MR) is 80.5 cm³/mol. The molecule has 19 heavy (non-hydrogen) atoms. The van der Waals surface area contributed by atoms with Crippen LogP contribution in [0.4, 0.5) is 4.39 Å². The van der Waals surface area contributed by atoms with E-state index in [9.17, 15) is 4.39 Å². The summed E-state index contributed by atoms with van der Waals surface area (Å²) in [6.45, 7) is 1.52. The summed E-state index contributed by atoms with van der Waals surface area (Å²) in [5.41, 5.74) is 1.93. The van der Waals surface area contributed by atoms with E-state index in [1.54, 1.807) is 6.07 Å². The zero-order chi connectivity index (χ0) is 12.8. The van der Waals surface area contributed by atoms with Crippen LogP contribution in [0.5, 0.6) is 0 Å². The van der Waals surface area contributed by atoms with Gasteiger partial charge in [-0.2, -0.15) is 0 Å². The van der Waals surface area contributed by atoms with Crippen molar-refractivity contribution in [2.45, 2.75) is 13.0 Å². The molecule has 0 unspecified atom stereocenters. The molecule has 0 spiro atoms. The van der Waals surface area contributed by atoms with Gasteiger partial charge in [0.2, 0.25) is 0 Å². The van der Waals surface area contributed by atoms with Gasteiger partial charge < -0.3 is 5.32 Å². The van der Waals surface area contributed by atoms with Gasteiger partial charge in [0.05, 0.1) is 0 Å². The molecule has 0 aliphatic rings. The monoisotopic (exact) mass is 299 g/mol. The van der Waals surface area contributed by atoms with Gasteiger partial charge in [0.25, 0.3) is 0 Å². The Labute approximate surface area is 124 Å². The summed E-state index contributed by atoms with van der Waals surface area (Å²) >= 11 is 5.81. The first-order valence-electron chi connectivity index (χ1n) is 5.94. The van der Waals surface area contributed by atoms with Crippen LogP contribution in [0.3, 0.4) is 0 Å². The molecule has 2 aromatic rings. The first kappa shape index (κ1) is 16.0. The standard InChI is InChI=1S/C15H15ClFN.ClH/c16-14-7-5-12(6-8-14)11-18-10-9-13-3-1-2-4-15(13)17;/h1-8,18H,9-11H2;1H. The average molecular weight is 300 g/mol. The molecule has 0 aromatic heterocycles. The van der Waals surface area contributed by atoms with Gasteiger partial charge in [0.1, 0.15) is 5.82 Å². The SMILES string of the molecule is Cl.Fc1ccccc1CCNCc1ccc(Cl)cc1. The van der Waals surface area contributed by atoms with E-state index in [2.05, 4.69) is 5.32 Å². The van der Waals surface area contributed by atoms with Gasteiger partial charge in [0.15, 0.2) is 0 Å². The second-order valence-corrected chi connectivity index (χ2v) is 4.58. The Morgan fingerprint density at radius 2 is 1.68 bits per heavy atom. The molecule has 0 bridgehead atoms. The molecule has 102 valence electrons. The molecule has 1 nitrogen and oxygen atoms in total. The van der Waals surface area contributed by atoms with Crippen molar-refractivity contribution >= 4 is 24.0 Å². The molecule has 0 atom stereocenters. The second kappa shape index (κ2) is 8.16. The lowest BCUT2D eigenvalue weighted by molar-refractivity contribution is 0.598. The largest absolute Gasteiger partial charge is 0.312 e. The van der Waals surface area contributed by atoms with Gasteiger partial charge >= 0.3 is 0 Å². The van der Waals surface area contributed by atoms with Crippen molar-refractivity contribution in [1.29, 1.82) is 0 Å². The molecule has 0 saturated heterocycles. The summed E-state index contributed by atoms with van der Waals surface area (Å²) in [4.78, 5) is 0. The number of benzene rings is 2. The van der Waals surface area contributed by atoms with E-state index in [4.69, 9.17) is 11.6 Å². The summed E-state index contributed by atoms with van der Waals surface area (Å²) in [6, 6.07) is 14.6. The van der Waals surface area contributed by atoms with E-state index in [0.29, 0.717) is 6.42 Å². The fourth-order valence-corrected chi connectivity index (χ4v) is 1.89. The average Bonchev–Trinajstić information content (AvgIpc) is 2.39. The Balaban J connectivity index is 0.00000180. The first-order chi connectivity index (χ1) is 8.75. The van der Waals surface area contributed by atoms with Crippen LogP contribution in [0.15, 0.2) is 48.5 Å². The smallest absolute Gasteiger partial charge is 0.126 e. The molecular formula is C15H16Cl2FN. The Hall–Kier alpha value is -1.09. The van der Waals surface area contributed by atoms with Crippen LogP contribution in [0.1, 0.15) is 11.1 Å². The lowest BCUT2D eigenvalue weighted by Gasteiger charge is -2.06. The Morgan fingerprint density at radius 3 is 2.37 bits per heavy atom. The number of rotatable bonds is 5. The van der Waals surface area contributed by atoms with E-state index in [0.717, 1.165) is 23.7 Å². The first-order valence-corrected chi connectivity index (χ1v) is 6.32. The second-order valence-electron chi connectivity index (χ2n) is 4.14.